The van der Waals surface area contributed by atoms with Crippen LogP contribution in [0, 0.1) is 5.82 Å². The molecule has 124 valence electrons. The number of aromatic nitrogens is 1. The number of halogens is 1. The van der Waals surface area contributed by atoms with Crippen LogP contribution < -0.4 is 10.6 Å². The highest BCUT2D eigenvalue weighted by Gasteiger charge is 2.27. The number of carbonyl (C=O) groups is 1. The molecule has 1 saturated heterocycles. The molecule has 2 aromatic rings. The van der Waals surface area contributed by atoms with Crippen LogP contribution in [0.25, 0.3) is 11.0 Å². The van der Waals surface area contributed by atoms with E-state index in [4.69, 9.17) is 14.0 Å². The molecule has 3 rings (SSSR count). The van der Waals surface area contributed by atoms with Gasteiger partial charge in [0, 0.05) is 25.2 Å². The maximum absolute atomic E-state index is 13.1. The van der Waals surface area contributed by atoms with E-state index in [-0.39, 0.29) is 24.7 Å². The van der Waals surface area contributed by atoms with Gasteiger partial charge in [-0.15, -0.1) is 0 Å². The topological polar surface area (TPSA) is 85.6 Å². The molecule has 2 amide bonds. The maximum atomic E-state index is 13.1. The molecule has 1 fully saturated rings. The molecule has 0 bridgehead atoms. The lowest BCUT2D eigenvalue weighted by molar-refractivity contribution is -0.0334. The van der Waals surface area contributed by atoms with Gasteiger partial charge in [-0.05, 0) is 18.6 Å². The smallest absolute Gasteiger partial charge is 0.315 e. The van der Waals surface area contributed by atoms with E-state index < -0.39 is 5.82 Å². The summed E-state index contributed by atoms with van der Waals surface area (Å²) in [6, 6.07) is 3.62. The van der Waals surface area contributed by atoms with Crippen LogP contribution in [-0.2, 0) is 16.0 Å². The Balaban J connectivity index is 1.57. The zero-order valence-electron chi connectivity index (χ0n) is 12.7. The first-order valence-electron chi connectivity index (χ1n) is 7.36. The maximum Gasteiger partial charge on any atom is 0.315 e. The molecular formula is C15H18FN3O4. The Morgan fingerprint density at radius 2 is 2.39 bits per heavy atom. The van der Waals surface area contributed by atoms with Crippen molar-refractivity contribution in [3.05, 3.63) is 29.7 Å². The second-order valence-corrected chi connectivity index (χ2v) is 5.34. The molecule has 1 aliphatic rings. The van der Waals surface area contributed by atoms with E-state index in [0.29, 0.717) is 29.9 Å². The molecule has 0 spiro atoms. The number of hydrogen-bond acceptors (Lipinski definition) is 5. The standard InChI is InChI=1S/C15H18FN3O4/c1-21-13-4-5-22-8-12(13)18-15(20)17-7-11-10-3-2-9(16)6-14(10)23-19-11/h2-3,6,12-13H,4-5,7-8H2,1H3,(H2,17,18,20)/t12-,13-/m0/s1. The van der Waals surface area contributed by atoms with Crippen molar-refractivity contribution in [2.45, 2.75) is 25.1 Å². The van der Waals surface area contributed by atoms with Crippen molar-refractivity contribution in [3.63, 3.8) is 0 Å². The number of rotatable bonds is 4. The quantitative estimate of drug-likeness (QED) is 0.892. The molecule has 8 heteroatoms. The second kappa shape index (κ2) is 6.93. The van der Waals surface area contributed by atoms with Gasteiger partial charge in [0.15, 0.2) is 5.58 Å². The van der Waals surface area contributed by atoms with E-state index in [0.717, 1.165) is 6.42 Å². The van der Waals surface area contributed by atoms with Gasteiger partial charge in [0.25, 0.3) is 0 Å². The Labute approximate surface area is 132 Å². The number of fused-ring (bicyclic) bond motifs is 1. The van der Waals surface area contributed by atoms with Gasteiger partial charge in [-0.25, -0.2) is 9.18 Å². The molecule has 1 aromatic carbocycles. The summed E-state index contributed by atoms with van der Waals surface area (Å²) in [7, 11) is 1.61. The molecule has 1 aromatic heterocycles. The minimum atomic E-state index is -0.395. The lowest BCUT2D eigenvalue weighted by atomic mass is 10.1. The first kappa shape index (κ1) is 15.7. The Hall–Kier alpha value is -2.19. The molecule has 1 aliphatic heterocycles. The van der Waals surface area contributed by atoms with Gasteiger partial charge in [-0.1, -0.05) is 5.16 Å². The number of carbonyl (C=O) groups excluding carboxylic acids is 1. The number of amides is 2. The van der Waals surface area contributed by atoms with Crippen molar-refractivity contribution in [2.75, 3.05) is 20.3 Å². The Morgan fingerprint density at radius 1 is 1.52 bits per heavy atom. The summed E-state index contributed by atoms with van der Waals surface area (Å²) in [5, 5.41) is 10.0. The average Bonchev–Trinajstić information content (AvgIpc) is 2.95. The second-order valence-electron chi connectivity index (χ2n) is 5.34. The average molecular weight is 323 g/mol. The number of hydrogen-bond donors (Lipinski definition) is 2. The van der Waals surface area contributed by atoms with E-state index in [1.54, 1.807) is 13.2 Å². The molecule has 0 saturated carbocycles. The number of nitrogens with one attached hydrogen (secondary N) is 2. The Kier molecular flexibility index (Phi) is 4.73. The molecular weight excluding hydrogens is 305 g/mol. The zero-order chi connectivity index (χ0) is 16.2. The van der Waals surface area contributed by atoms with E-state index in [1.165, 1.54) is 12.1 Å². The molecule has 23 heavy (non-hydrogen) atoms. The van der Waals surface area contributed by atoms with Gasteiger partial charge in [-0.3, -0.25) is 0 Å². The molecule has 0 aliphatic carbocycles. The predicted molar refractivity (Wildman–Crippen MR) is 79.4 cm³/mol. The van der Waals surface area contributed by atoms with Crippen molar-refractivity contribution < 1.29 is 23.2 Å². The van der Waals surface area contributed by atoms with Gasteiger partial charge in [0.1, 0.15) is 11.5 Å². The lowest BCUT2D eigenvalue weighted by Crippen LogP contribution is -2.52. The fourth-order valence-electron chi connectivity index (χ4n) is 2.61. The molecule has 0 radical (unpaired) electrons. The fraction of sp³-hybridized carbons (Fsp3) is 0.467. The summed E-state index contributed by atoms with van der Waals surface area (Å²) in [4.78, 5) is 12.0. The van der Waals surface area contributed by atoms with E-state index in [1.807, 2.05) is 0 Å². The third kappa shape index (κ3) is 3.59. The van der Waals surface area contributed by atoms with Crippen molar-refractivity contribution in [1.29, 1.82) is 0 Å². The molecule has 7 nitrogen and oxygen atoms in total. The largest absolute Gasteiger partial charge is 0.379 e. The van der Waals surface area contributed by atoms with Crippen LogP contribution in [0.3, 0.4) is 0 Å². The van der Waals surface area contributed by atoms with E-state index >= 15 is 0 Å². The minimum Gasteiger partial charge on any atom is -0.379 e. The zero-order valence-corrected chi connectivity index (χ0v) is 12.7. The van der Waals surface area contributed by atoms with Gasteiger partial charge < -0.3 is 24.6 Å². The van der Waals surface area contributed by atoms with Crippen LogP contribution in [0.15, 0.2) is 22.7 Å². The number of ether oxygens (including phenoxy) is 2. The minimum absolute atomic E-state index is 0.0645. The normalized spacial score (nSPS) is 21.3. The SMILES string of the molecule is CO[C@H]1CCOC[C@@H]1NC(=O)NCc1noc2cc(F)ccc12. The van der Waals surface area contributed by atoms with Crippen LogP contribution in [0.1, 0.15) is 12.1 Å². The highest BCUT2D eigenvalue weighted by molar-refractivity contribution is 5.80. The van der Waals surface area contributed by atoms with Gasteiger partial charge >= 0.3 is 6.03 Å². The summed E-state index contributed by atoms with van der Waals surface area (Å²) in [5.41, 5.74) is 0.890. The predicted octanol–water partition coefficient (Wildman–Crippen LogP) is 1.57. The van der Waals surface area contributed by atoms with Gasteiger partial charge in [0.05, 0.1) is 25.3 Å². The van der Waals surface area contributed by atoms with Crippen LogP contribution in [-0.4, -0.2) is 43.7 Å². The Bertz CT molecular complexity index is 690. The number of nitrogens with zero attached hydrogens (tertiary/aromatic N) is 1. The monoisotopic (exact) mass is 323 g/mol. The number of urea groups is 1. The lowest BCUT2D eigenvalue weighted by Gasteiger charge is -2.30. The molecule has 2 N–H and O–H groups in total. The van der Waals surface area contributed by atoms with Gasteiger partial charge in [0.2, 0.25) is 0 Å². The summed E-state index contributed by atoms with van der Waals surface area (Å²) in [5.74, 6) is -0.395. The number of benzene rings is 1. The number of methoxy groups -OCH3 is 1. The molecule has 2 atom stereocenters. The van der Waals surface area contributed by atoms with Crippen LogP contribution in [0.4, 0.5) is 9.18 Å². The van der Waals surface area contributed by atoms with Crippen molar-refractivity contribution in [3.8, 4) is 0 Å². The Morgan fingerprint density at radius 3 is 3.22 bits per heavy atom. The first-order valence-corrected chi connectivity index (χ1v) is 7.36. The van der Waals surface area contributed by atoms with Crippen molar-refractivity contribution in [2.24, 2.45) is 0 Å². The molecule has 0 unspecified atom stereocenters. The third-order valence-electron chi connectivity index (χ3n) is 3.84. The highest BCUT2D eigenvalue weighted by Crippen LogP contribution is 2.19. The summed E-state index contributed by atoms with van der Waals surface area (Å²) in [6.45, 7) is 1.22. The van der Waals surface area contributed by atoms with E-state index in [2.05, 4.69) is 15.8 Å². The summed E-state index contributed by atoms with van der Waals surface area (Å²) >= 11 is 0. The van der Waals surface area contributed by atoms with Crippen LogP contribution in [0.2, 0.25) is 0 Å². The van der Waals surface area contributed by atoms with Crippen molar-refractivity contribution in [1.82, 2.24) is 15.8 Å². The van der Waals surface area contributed by atoms with E-state index in [9.17, 15) is 9.18 Å². The third-order valence-corrected chi connectivity index (χ3v) is 3.84. The molecule has 2 heterocycles. The van der Waals surface area contributed by atoms with Crippen molar-refractivity contribution >= 4 is 17.0 Å². The van der Waals surface area contributed by atoms with Gasteiger partial charge in [-0.2, -0.15) is 0 Å². The first-order chi connectivity index (χ1) is 11.2. The van der Waals surface area contributed by atoms with Crippen LogP contribution >= 0.6 is 0 Å². The highest BCUT2D eigenvalue weighted by atomic mass is 19.1. The fourth-order valence-corrected chi connectivity index (χ4v) is 2.61. The summed E-state index contributed by atoms with van der Waals surface area (Å²) in [6.07, 6.45) is 0.673. The van der Waals surface area contributed by atoms with Crippen LogP contribution in [0.5, 0.6) is 0 Å². The summed E-state index contributed by atoms with van der Waals surface area (Å²) < 4.78 is 28.8.